The van der Waals surface area contributed by atoms with Crippen LogP contribution in [0.25, 0.3) is 0 Å². The van der Waals surface area contributed by atoms with Gasteiger partial charge < -0.3 is 10.5 Å². The Morgan fingerprint density at radius 1 is 1.00 bits per heavy atom. The predicted molar refractivity (Wildman–Crippen MR) is 85.7 cm³/mol. The first-order valence-corrected chi connectivity index (χ1v) is 7.13. The molecule has 0 fully saturated rings. The van der Waals surface area contributed by atoms with Crippen LogP contribution in [0.2, 0.25) is 0 Å². The number of benzene rings is 2. The summed E-state index contributed by atoms with van der Waals surface area (Å²) in [7, 11) is 0. The first kappa shape index (κ1) is 15.2. The average molecular weight is 283 g/mol. The van der Waals surface area contributed by atoms with Crippen LogP contribution in [0.5, 0.6) is 5.75 Å². The van der Waals surface area contributed by atoms with Crippen LogP contribution in [0, 0.1) is 0 Å². The van der Waals surface area contributed by atoms with Crippen molar-refractivity contribution in [3.8, 4) is 5.75 Å². The van der Waals surface area contributed by atoms with E-state index in [4.69, 9.17) is 10.5 Å². The van der Waals surface area contributed by atoms with Gasteiger partial charge in [-0.3, -0.25) is 0 Å². The van der Waals surface area contributed by atoms with E-state index >= 15 is 0 Å². The van der Waals surface area contributed by atoms with Gasteiger partial charge in [-0.2, -0.15) is 10.2 Å². The van der Waals surface area contributed by atoms with Crippen LogP contribution in [0.4, 0.5) is 11.4 Å². The molecule has 0 saturated heterocycles. The Bertz CT molecular complexity index is 591. The van der Waals surface area contributed by atoms with E-state index in [-0.39, 0.29) is 0 Å². The van der Waals surface area contributed by atoms with Crippen molar-refractivity contribution in [3.05, 3.63) is 54.1 Å². The summed E-state index contributed by atoms with van der Waals surface area (Å²) in [5.41, 5.74) is 8.32. The SMILES string of the molecule is CC(C)c1cccc(N=Nc2ccc(OCCN)cc2)c1. The standard InChI is InChI=1S/C17H21N3O/c1-13(2)14-4-3-5-16(12-14)20-19-15-6-8-17(9-7-15)21-11-10-18/h3-9,12-13H,10-11,18H2,1-2H3. The molecule has 0 unspecified atom stereocenters. The first-order chi connectivity index (χ1) is 10.2. The summed E-state index contributed by atoms with van der Waals surface area (Å²) in [4.78, 5) is 0. The number of nitrogens with two attached hydrogens (primary N) is 1. The van der Waals surface area contributed by atoms with E-state index in [0.717, 1.165) is 17.1 Å². The predicted octanol–water partition coefficient (Wildman–Crippen LogP) is 4.56. The minimum atomic E-state index is 0.485. The van der Waals surface area contributed by atoms with Gasteiger partial charge in [0.1, 0.15) is 12.4 Å². The van der Waals surface area contributed by atoms with Gasteiger partial charge in [0.2, 0.25) is 0 Å². The van der Waals surface area contributed by atoms with E-state index in [1.54, 1.807) is 0 Å². The van der Waals surface area contributed by atoms with Crippen LogP contribution in [0.3, 0.4) is 0 Å². The van der Waals surface area contributed by atoms with E-state index in [1.165, 1.54) is 5.56 Å². The fourth-order valence-electron chi connectivity index (χ4n) is 1.85. The van der Waals surface area contributed by atoms with Gasteiger partial charge in [-0.05, 0) is 47.9 Å². The lowest BCUT2D eigenvalue weighted by Gasteiger charge is -2.05. The lowest BCUT2D eigenvalue weighted by atomic mass is 10.0. The molecule has 4 heteroatoms. The Morgan fingerprint density at radius 2 is 1.71 bits per heavy atom. The molecular formula is C17H21N3O. The van der Waals surface area contributed by atoms with Crippen LogP contribution in [0.15, 0.2) is 58.8 Å². The highest BCUT2D eigenvalue weighted by atomic mass is 16.5. The second kappa shape index (κ2) is 7.55. The molecule has 0 aliphatic carbocycles. The fourth-order valence-corrected chi connectivity index (χ4v) is 1.85. The van der Waals surface area contributed by atoms with Crippen molar-refractivity contribution in [2.75, 3.05) is 13.2 Å². The van der Waals surface area contributed by atoms with Crippen molar-refractivity contribution >= 4 is 11.4 Å². The minimum absolute atomic E-state index is 0.485. The molecule has 2 rings (SSSR count). The highest BCUT2D eigenvalue weighted by Gasteiger charge is 1.99. The number of azo groups is 1. The van der Waals surface area contributed by atoms with Crippen molar-refractivity contribution in [2.45, 2.75) is 19.8 Å². The van der Waals surface area contributed by atoms with Gasteiger partial charge in [0.15, 0.2) is 0 Å². The van der Waals surface area contributed by atoms with Gasteiger partial charge in [-0.25, -0.2) is 0 Å². The zero-order valence-corrected chi connectivity index (χ0v) is 12.5. The number of nitrogens with zero attached hydrogens (tertiary/aromatic N) is 2. The number of hydrogen-bond donors (Lipinski definition) is 1. The molecule has 0 heterocycles. The summed E-state index contributed by atoms with van der Waals surface area (Å²) in [6.45, 7) is 5.35. The lowest BCUT2D eigenvalue weighted by molar-refractivity contribution is 0.328. The number of rotatable bonds is 6. The van der Waals surface area contributed by atoms with E-state index < -0.39 is 0 Å². The third-order valence-electron chi connectivity index (χ3n) is 3.04. The summed E-state index contributed by atoms with van der Waals surface area (Å²) in [6, 6.07) is 15.6. The smallest absolute Gasteiger partial charge is 0.119 e. The zero-order chi connectivity index (χ0) is 15.1. The summed E-state index contributed by atoms with van der Waals surface area (Å²) in [5, 5.41) is 8.52. The topological polar surface area (TPSA) is 60.0 Å². The molecule has 2 N–H and O–H groups in total. The molecule has 0 aliphatic heterocycles. The molecule has 0 aliphatic rings. The van der Waals surface area contributed by atoms with Crippen LogP contribution in [-0.4, -0.2) is 13.2 Å². The molecule has 0 bridgehead atoms. The summed E-state index contributed by atoms with van der Waals surface area (Å²) in [6.07, 6.45) is 0. The Labute approximate surface area is 125 Å². The Hall–Kier alpha value is -2.20. The summed E-state index contributed by atoms with van der Waals surface area (Å²) >= 11 is 0. The third kappa shape index (κ3) is 4.68. The average Bonchev–Trinajstić information content (AvgIpc) is 2.52. The highest BCUT2D eigenvalue weighted by molar-refractivity contribution is 5.44. The van der Waals surface area contributed by atoms with Gasteiger partial charge in [-0.15, -0.1) is 0 Å². The fraction of sp³-hybridized carbons (Fsp3) is 0.294. The molecule has 0 atom stereocenters. The van der Waals surface area contributed by atoms with Gasteiger partial charge >= 0.3 is 0 Å². The van der Waals surface area contributed by atoms with E-state index in [1.807, 2.05) is 36.4 Å². The molecule has 0 saturated carbocycles. The van der Waals surface area contributed by atoms with Crippen LogP contribution >= 0.6 is 0 Å². The lowest BCUT2D eigenvalue weighted by Crippen LogP contribution is -2.10. The van der Waals surface area contributed by atoms with Crippen LogP contribution in [-0.2, 0) is 0 Å². The molecule has 2 aromatic carbocycles. The molecule has 21 heavy (non-hydrogen) atoms. The second-order valence-electron chi connectivity index (χ2n) is 5.08. The third-order valence-corrected chi connectivity index (χ3v) is 3.04. The van der Waals surface area contributed by atoms with Crippen molar-refractivity contribution in [1.82, 2.24) is 0 Å². The van der Waals surface area contributed by atoms with Crippen molar-refractivity contribution in [2.24, 2.45) is 16.0 Å². The Balaban J connectivity index is 2.05. The maximum absolute atomic E-state index is 5.42. The Morgan fingerprint density at radius 3 is 2.38 bits per heavy atom. The van der Waals surface area contributed by atoms with Gasteiger partial charge in [0.05, 0.1) is 11.4 Å². The second-order valence-corrected chi connectivity index (χ2v) is 5.08. The summed E-state index contributed by atoms with van der Waals surface area (Å²) < 4.78 is 5.42. The van der Waals surface area contributed by atoms with E-state index in [2.05, 4.69) is 36.2 Å². The molecule has 0 radical (unpaired) electrons. The van der Waals surface area contributed by atoms with Crippen LogP contribution < -0.4 is 10.5 Å². The number of ether oxygens (including phenoxy) is 1. The van der Waals surface area contributed by atoms with Crippen molar-refractivity contribution in [3.63, 3.8) is 0 Å². The molecule has 0 amide bonds. The van der Waals surface area contributed by atoms with Gasteiger partial charge in [0, 0.05) is 6.54 Å². The van der Waals surface area contributed by atoms with Crippen LogP contribution in [0.1, 0.15) is 25.3 Å². The molecule has 4 nitrogen and oxygen atoms in total. The quantitative estimate of drug-likeness (QED) is 0.790. The maximum Gasteiger partial charge on any atom is 0.119 e. The Kier molecular flexibility index (Phi) is 5.46. The van der Waals surface area contributed by atoms with Crippen molar-refractivity contribution in [1.29, 1.82) is 0 Å². The molecule has 0 aromatic heterocycles. The van der Waals surface area contributed by atoms with Gasteiger partial charge in [0.25, 0.3) is 0 Å². The molecule has 2 aromatic rings. The first-order valence-electron chi connectivity index (χ1n) is 7.13. The highest BCUT2D eigenvalue weighted by Crippen LogP contribution is 2.24. The van der Waals surface area contributed by atoms with Gasteiger partial charge in [-0.1, -0.05) is 26.0 Å². The van der Waals surface area contributed by atoms with E-state index in [9.17, 15) is 0 Å². The van der Waals surface area contributed by atoms with E-state index in [0.29, 0.717) is 19.1 Å². The maximum atomic E-state index is 5.42. The summed E-state index contributed by atoms with van der Waals surface area (Å²) in [5.74, 6) is 1.28. The minimum Gasteiger partial charge on any atom is -0.492 e. The normalized spacial score (nSPS) is 11.2. The number of hydrogen-bond acceptors (Lipinski definition) is 4. The zero-order valence-electron chi connectivity index (χ0n) is 12.5. The molecular weight excluding hydrogens is 262 g/mol. The molecule has 110 valence electrons. The van der Waals surface area contributed by atoms with Crippen molar-refractivity contribution < 1.29 is 4.74 Å². The largest absolute Gasteiger partial charge is 0.492 e. The monoisotopic (exact) mass is 283 g/mol. The molecule has 0 spiro atoms.